The first-order chi connectivity index (χ1) is 10.2. The van der Waals surface area contributed by atoms with Crippen molar-refractivity contribution < 1.29 is 4.79 Å². The molecule has 0 spiro atoms. The first kappa shape index (κ1) is 15.5. The summed E-state index contributed by atoms with van der Waals surface area (Å²) in [5.41, 5.74) is 2.34. The van der Waals surface area contributed by atoms with Gasteiger partial charge in [-0.3, -0.25) is 4.79 Å². The van der Waals surface area contributed by atoms with E-state index in [1.54, 1.807) is 0 Å². The molecule has 0 bridgehead atoms. The summed E-state index contributed by atoms with van der Waals surface area (Å²) in [6.45, 7) is 1.66. The summed E-state index contributed by atoms with van der Waals surface area (Å²) in [4.78, 5) is 11.7. The first-order valence-electron chi connectivity index (χ1n) is 7.00. The van der Waals surface area contributed by atoms with Gasteiger partial charge in [-0.15, -0.1) is 0 Å². The Morgan fingerprint density at radius 3 is 2.38 bits per heavy atom. The fourth-order valence-electron chi connectivity index (χ4n) is 1.98. The molecule has 0 aliphatic rings. The standard InChI is InChI=1S/C17H19ClN2O/c18-16-8-6-14(7-9-16)10-11-20-17(21)13-19-12-15-4-2-1-3-5-15/h1-9,19H,10-13H2,(H,20,21). The summed E-state index contributed by atoms with van der Waals surface area (Å²) in [5, 5.41) is 6.76. The van der Waals surface area contributed by atoms with Gasteiger partial charge in [-0.2, -0.15) is 0 Å². The SMILES string of the molecule is O=C(CNCc1ccccc1)NCCc1ccc(Cl)cc1. The molecule has 0 aromatic heterocycles. The van der Waals surface area contributed by atoms with Crippen LogP contribution >= 0.6 is 11.6 Å². The van der Waals surface area contributed by atoms with Crippen molar-refractivity contribution in [1.82, 2.24) is 10.6 Å². The predicted octanol–water partition coefficient (Wildman–Crippen LogP) is 2.79. The maximum Gasteiger partial charge on any atom is 0.233 e. The van der Waals surface area contributed by atoms with E-state index in [0.29, 0.717) is 19.6 Å². The van der Waals surface area contributed by atoms with E-state index in [4.69, 9.17) is 11.6 Å². The second-order valence-corrected chi connectivity index (χ2v) is 5.25. The monoisotopic (exact) mass is 302 g/mol. The summed E-state index contributed by atoms with van der Waals surface area (Å²) in [5.74, 6) is 0.0138. The van der Waals surface area contributed by atoms with Crippen LogP contribution in [0.3, 0.4) is 0 Å². The third-order valence-corrected chi connectivity index (χ3v) is 3.36. The van der Waals surface area contributed by atoms with Crippen LogP contribution in [0.5, 0.6) is 0 Å². The highest BCUT2D eigenvalue weighted by Crippen LogP contribution is 2.09. The molecule has 4 heteroatoms. The second-order valence-electron chi connectivity index (χ2n) is 4.82. The Bertz CT molecular complexity index is 555. The van der Waals surface area contributed by atoms with Crippen LogP contribution in [-0.2, 0) is 17.8 Å². The Hall–Kier alpha value is -1.84. The fraction of sp³-hybridized carbons (Fsp3) is 0.235. The van der Waals surface area contributed by atoms with E-state index in [1.807, 2.05) is 54.6 Å². The number of halogens is 1. The molecule has 1 amide bonds. The Kier molecular flexibility index (Phi) is 6.25. The van der Waals surface area contributed by atoms with E-state index in [1.165, 1.54) is 5.56 Å². The summed E-state index contributed by atoms with van der Waals surface area (Å²) in [7, 11) is 0. The van der Waals surface area contributed by atoms with E-state index in [-0.39, 0.29) is 5.91 Å². The van der Waals surface area contributed by atoms with Gasteiger partial charge in [0, 0.05) is 18.1 Å². The maximum absolute atomic E-state index is 11.7. The summed E-state index contributed by atoms with van der Waals surface area (Å²) < 4.78 is 0. The quantitative estimate of drug-likeness (QED) is 0.826. The van der Waals surface area contributed by atoms with E-state index in [9.17, 15) is 4.79 Å². The van der Waals surface area contributed by atoms with Crippen molar-refractivity contribution in [2.45, 2.75) is 13.0 Å². The first-order valence-corrected chi connectivity index (χ1v) is 7.37. The van der Waals surface area contributed by atoms with Crippen LogP contribution in [0.15, 0.2) is 54.6 Å². The van der Waals surface area contributed by atoms with Crippen molar-refractivity contribution in [3.63, 3.8) is 0 Å². The van der Waals surface area contributed by atoms with Crippen molar-refractivity contribution >= 4 is 17.5 Å². The minimum Gasteiger partial charge on any atom is -0.355 e. The molecule has 110 valence electrons. The zero-order valence-corrected chi connectivity index (χ0v) is 12.6. The third kappa shape index (κ3) is 5.98. The molecule has 0 unspecified atom stereocenters. The van der Waals surface area contributed by atoms with Gasteiger partial charge in [0.2, 0.25) is 5.91 Å². The van der Waals surface area contributed by atoms with Crippen molar-refractivity contribution in [1.29, 1.82) is 0 Å². The number of hydrogen-bond acceptors (Lipinski definition) is 2. The molecule has 0 fully saturated rings. The molecular formula is C17H19ClN2O. The summed E-state index contributed by atoms with van der Waals surface area (Å²) in [6, 6.07) is 17.7. The molecule has 2 aromatic carbocycles. The van der Waals surface area contributed by atoms with Crippen LogP contribution < -0.4 is 10.6 Å². The molecule has 2 rings (SSSR count). The van der Waals surface area contributed by atoms with Gasteiger partial charge in [-0.05, 0) is 29.7 Å². The number of carbonyl (C=O) groups is 1. The molecule has 2 aromatic rings. The largest absolute Gasteiger partial charge is 0.355 e. The van der Waals surface area contributed by atoms with Crippen molar-refractivity contribution in [3.8, 4) is 0 Å². The van der Waals surface area contributed by atoms with Gasteiger partial charge in [-0.25, -0.2) is 0 Å². The van der Waals surface area contributed by atoms with Crippen molar-refractivity contribution in [2.75, 3.05) is 13.1 Å². The van der Waals surface area contributed by atoms with Crippen LogP contribution in [-0.4, -0.2) is 19.0 Å². The zero-order chi connectivity index (χ0) is 14.9. The average Bonchev–Trinajstić information content (AvgIpc) is 2.50. The number of carbonyl (C=O) groups excluding carboxylic acids is 1. The van der Waals surface area contributed by atoms with Gasteiger partial charge in [0.05, 0.1) is 6.54 Å². The van der Waals surface area contributed by atoms with Gasteiger partial charge >= 0.3 is 0 Å². The highest BCUT2D eigenvalue weighted by Gasteiger charge is 2.00. The smallest absolute Gasteiger partial charge is 0.233 e. The minimum absolute atomic E-state index is 0.0138. The van der Waals surface area contributed by atoms with Crippen LogP contribution in [0, 0.1) is 0 Å². The highest BCUT2D eigenvalue weighted by atomic mass is 35.5. The van der Waals surface area contributed by atoms with Crippen LogP contribution in [0.2, 0.25) is 5.02 Å². The highest BCUT2D eigenvalue weighted by molar-refractivity contribution is 6.30. The zero-order valence-electron chi connectivity index (χ0n) is 11.8. The molecule has 0 radical (unpaired) electrons. The lowest BCUT2D eigenvalue weighted by Crippen LogP contribution is -2.34. The van der Waals surface area contributed by atoms with E-state index >= 15 is 0 Å². The number of amides is 1. The fourth-order valence-corrected chi connectivity index (χ4v) is 2.10. The molecule has 0 saturated carbocycles. The average molecular weight is 303 g/mol. The lowest BCUT2D eigenvalue weighted by atomic mass is 10.1. The molecule has 0 aliphatic heterocycles. The molecule has 0 aliphatic carbocycles. The Balaban J connectivity index is 1.60. The van der Waals surface area contributed by atoms with Gasteiger partial charge < -0.3 is 10.6 Å². The van der Waals surface area contributed by atoms with Gasteiger partial charge in [0.15, 0.2) is 0 Å². The van der Waals surface area contributed by atoms with Crippen molar-refractivity contribution in [2.24, 2.45) is 0 Å². The molecule has 0 heterocycles. The van der Waals surface area contributed by atoms with E-state index in [2.05, 4.69) is 10.6 Å². The van der Waals surface area contributed by atoms with Gasteiger partial charge in [0.25, 0.3) is 0 Å². The van der Waals surface area contributed by atoms with Gasteiger partial charge in [0.1, 0.15) is 0 Å². The minimum atomic E-state index is 0.0138. The Morgan fingerprint density at radius 1 is 0.952 bits per heavy atom. The van der Waals surface area contributed by atoms with E-state index in [0.717, 1.165) is 17.0 Å². The third-order valence-electron chi connectivity index (χ3n) is 3.11. The second kappa shape index (κ2) is 8.45. The number of benzene rings is 2. The summed E-state index contributed by atoms with van der Waals surface area (Å²) in [6.07, 6.45) is 0.807. The number of rotatable bonds is 7. The van der Waals surface area contributed by atoms with Crippen LogP contribution in [0.4, 0.5) is 0 Å². The normalized spacial score (nSPS) is 10.3. The number of hydrogen-bond donors (Lipinski definition) is 2. The molecule has 0 atom stereocenters. The topological polar surface area (TPSA) is 41.1 Å². The molecule has 2 N–H and O–H groups in total. The lowest BCUT2D eigenvalue weighted by Gasteiger charge is -2.07. The maximum atomic E-state index is 11.7. The van der Waals surface area contributed by atoms with Crippen molar-refractivity contribution in [3.05, 3.63) is 70.7 Å². The van der Waals surface area contributed by atoms with E-state index < -0.39 is 0 Å². The van der Waals surface area contributed by atoms with Gasteiger partial charge in [-0.1, -0.05) is 54.1 Å². The Morgan fingerprint density at radius 2 is 1.67 bits per heavy atom. The molecular weight excluding hydrogens is 284 g/mol. The number of nitrogens with one attached hydrogen (secondary N) is 2. The Labute approximate surface area is 130 Å². The molecule has 0 saturated heterocycles. The lowest BCUT2D eigenvalue weighted by molar-refractivity contribution is -0.120. The molecule has 21 heavy (non-hydrogen) atoms. The van der Waals surface area contributed by atoms with Crippen LogP contribution in [0.1, 0.15) is 11.1 Å². The predicted molar refractivity (Wildman–Crippen MR) is 86.3 cm³/mol. The molecule has 3 nitrogen and oxygen atoms in total. The summed E-state index contributed by atoms with van der Waals surface area (Å²) >= 11 is 5.83. The van der Waals surface area contributed by atoms with Crippen LogP contribution in [0.25, 0.3) is 0 Å².